The molecule has 2 aromatic carbocycles. The fourth-order valence-corrected chi connectivity index (χ4v) is 3.40. The van der Waals surface area contributed by atoms with E-state index in [-0.39, 0.29) is 0 Å². The van der Waals surface area contributed by atoms with E-state index >= 15 is 0 Å². The molecule has 32 heavy (non-hydrogen) atoms. The molecule has 0 aromatic heterocycles. The Morgan fingerprint density at radius 1 is 0.594 bits per heavy atom. The summed E-state index contributed by atoms with van der Waals surface area (Å²) in [6.45, 7) is 1.33. The second-order valence-electron chi connectivity index (χ2n) is 7.57. The molecule has 0 saturated heterocycles. The molecule has 0 amide bonds. The lowest BCUT2D eigenvalue weighted by molar-refractivity contribution is 0.111. The Labute approximate surface area is 190 Å². The Morgan fingerprint density at radius 2 is 0.969 bits per heavy atom. The van der Waals surface area contributed by atoms with Crippen molar-refractivity contribution in [3.63, 3.8) is 0 Å². The molecule has 6 heteroatoms. The van der Waals surface area contributed by atoms with Crippen LogP contribution in [0.25, 0.3) is 0 Å². The third-order valence-electron chi connectivity index (χ3n) is 5.24. The fraction of sp³-hybridized carbons (Fsp3) is 0.462. The van der Waals surface area contributed by atoms with Crippen LogP contribution in [-0.2, 0) is 0 Å². The normalized spacial score (nSPS) is 10.4. The third kappa shape index (κ3) is 8.61. The summed E-state index contributed by atoms with van der Waals surface area (Å²) in [5.74, 6) is 2.54. The first-order valence-electron chi connectivity index (χ1n) is 11.2. The van der Waals surface area contributed by atoms with E-state index in [2.05, 4.69) is 0 Å². The number of hydrogen-bond acceptors (Lipinski definition) is 6. The highest BCUT2D eigenvalue weighted by Crippen LogP contribution is 2.24. The van der Waals surface area contributed by atoms with E-state index < -0.39 is 0 Å². The molecule has 2 aromatic rings. The van der Waals surface area contributed by atoms with Crippen molar-refractivity contribution in [2.45, 2.75) is 51.4 Å². The molecule has 0 spiro atoms. The molecule has 2 rings (SSSR count). The van der Waals surface area contributed by atoms with Crippen molar-refractivity contribution in [3.8, 4) is 23.0 Å². The average molecular weight is 443 g/mol. The minimum absolute atomic E-state index is 0.528. The van der Waals surface area contributed by atoms with Crippen molar-refractivity contribution in [2.75, 3.05) is 27.4 Å². The second-order valence-corrected chi connectivity index (χ2v) is 7.57. The Hall–Kier alpha value is -3.02. The van der Waals surface area contributed by atoms with Gasteiger partial charge in [0.25, 0.3) is 0 Å². The number of methoxy groups -OCH3 is 2. The zero-order valence-corrected chi connectivity index (χ0v) is 19.1. The molecule has 0 bridgehead atoms. The summed E-state index contributed by atoms with van der Waals surface area (Å²) in [5, 5.41) is 0. The quantitative estimate of drug-likeness (QED) is 0.224. The molecule has 0 saturated carbocycles. The number of benzene rings is 2. The van der Waals surface area contributed by atoms with E-state index in [1.54, 1.807) is 50.6 Å². The molecular weight excluding hydrogens is 408 g/mol. The molecule has 174 valence electrons. The van der Waals surface area contributed by atoms with Crippen LogP contribution in [0.1, 0.15) is 72.1 Å². The lowest BCUT2D eigenvalue weighted by atomic mass is 10.1. The predicted octanol–water partition coefficient (Wildman–Crippen LogP) is 5.91. The first-order chi connectivity index (χ1) is 15.7. The number of ether oxygens (including phenoxy) is 4. The maximum absolute atomic E-state index is 10.9. The smallest absolute Gasteiger partial charge is 0.153 e. The van der Waals surface area contributed by atoms with E-state index in [1.165, 1.54) is 25.7 Å². The van der Waals surface area contributed by atoms with Gasteiger partial charge in [-0.05, 0) is 37.1 Å². The standard InChI is InChI=1S/C26H34O6/c1-29-25-17-23(13-11-21(25)19-27)31-15-9-7-5-3-4-6-8-10-16-32-24-14-12-22(20-28)26(18-24)30-2/h11-14,17-20H,3-10,15-16H2,1-2H3. The Morgan fingerprint density at radius 3 is 1.31 bits per heavy atom. The van der Waals surface area contributed by atoms with Gasteiger partial charge in [0, 0.05) is 12.1 Å². The van der Waals surface area contributed by atoms with Gasteiger partial charge in [-0.15, -0.1) is 0 Å². The number of aldehydes is 2. The largest absolute Gasteiger partial charge is 0.496 e. The van der Waals surface area contributed by atoms with Crippen molar-refractivity contribution in [2.24, 2.45) is 0 Å². The van der Waals surface area contributed by atoms with Crippen molar-refractivity contribution >= 4 is 12.6 Å². The minimum Gasteiger partial charge on any atom is -0.496 e. The summed E-state index contributed by atoms with van der Waals surface area (Å²) < 4.78 is 21.9. The summed E-state index contributed by atoms with van der Waals surface area (Å²) in [5.41, 5.74) is 1.06. The topological polar surface area (TPSA) is 71.1 Å². The first kappa shape index (κ1) is 25.2. The lowest BCUT2D eigenvalue weighted by Gasteiger charge is -2.09. The van der Waals surface area contributed by atoms with Gasteiger partial charge in [0.15, 0.2) is 12.6 Å². The highest BCUT2D eigenvalue weighted by Gasteiger charge is 2.05. The monoisotopic (exact) mass is 442 g/mol. The van der Waals surface area contributed by atoms with Crippen molar-refractivity contribution in [3.05, 3.63) is 47.5 Å². The van der Waals surface area contributed by atoms with Gasteiger partial charge in [-0.1, -0.05) is 38.5 Å². The molecular formula is C26H34O6. The molecule has 0 aliphatic rings. The minimum atomic E-state index is 0.528. The van der Waals surface area contributed by atoms with Gasteiger partial charge in [0.2, 0.25) is 0 Å². The van der Waals surface area contributed by atoms with Crippen LogP contribution >= 0.6 is 0 Å². The summed E-state index contributed by atoms with van der Waals surface area (Å²) in [6, 6.07) is 10.5. The van der Waals surface area contributed by atoms with Crippen molar-refractivity contribution in [1.29, 1.82) is 0 Å². The molecule has 0 aliphatic carbocycles. The molecule has 0 unspecified atom stereocenters. The highest BCUT2D eigenvalue weighted by atomic mass is 16.5. The summed E-state index contributed by atoms with van der Waals surface area (Å²) >= 11 is 0. The van der Waals surface area contributed by atoms with E-state index in [4.69, 9.17) is 18.9 Å². The number of rotatable bonds is 17. The molecule has 6 nitrogen and oxygen atoms in total. The van der Waals surface area contributed by atoms with Gasteiger partial charge in [-0.3, -0.25) is 9.59 Å². The zero-order valence-electron chi connectivity index (χ0n) is 19.1. The lowest BCUT2D eigenvalue weighted by Crippen LogP contribution is -1.99. The van der Waals surface area contributed by atoms with Crippen molar-refractivity contribution < 1.29 is 28.5 Å². The van der Waals surface area contributed by atoms with Crippen LogP contribution in [0.3, 0.4) is 0 Å². The Kier molecular flexibility index (Phi) is 11.7. The van der Waals surface area contributed by atoms with Gasteiger partial charge < -0.3 is 18.9 Å². The molecule has 0 radical (unpaired) electrons. The SMILES string of the molecule is COc1cc(OCCCCCCCCCCOc2ccc(C=O)c(OC)c2)ccc1C=O. The second kappa shape index (κ2) is 14.9. The van der Waals surface area contributed by atoms with E-state index in [9.17, 15) is 9.59 Å². The molecule has 0 fully saturated rings. The number of hydrogen-bond donors (Lipinski definition) is 0. The predicted molar refractivity (Wildman–Crippen MR) is 125 cm³/mol. The van der Waals surface area contributed by atoms with Gasteiger partial charge in [-0.25, -0.2) is 0 Å². The summed E-state index contributed by atoms with van der Waals surface area (Å²) in [4.78, 5) is 21.8. The van der Waals surface area contributed by atoms with Crippen LogP contribution in [0.4, 0.5) is 0 Å². The van der Waals surface area contributed by atoms with Crippen LogP contribution in [-0.4, -0.2) is 40.0 Å². The van der Waals surface area contributed by atoms with Crippen LogP contribution in [0, 0.1) is 0 Å². The first-order valence-corrected chi connectivity index (χ1v) is 11.2. The Balaban J connectivity index is 1.46. The number of unbranched alkanes of at least 4 members (excludes halogenated alkanes) is 7. The van der Waals surface area contributed by atoms with Gasteiger partial charge in [0.1, 0.15) is 23.0 Å². The maximum atomic E-state index is 10.9. The molecule has 0 N–H and O–H groups in total. The summed E-state index contributed by atoms with van der Waals surface area (Å²) in [7, 11) is 3.09. The van der Waals surface area contributed by atoms with E-state index in [1.807, 2.05) is 0 Å². The zero-order chi connectivity index (χ0) is 23.0. The summed E-state index contributed by atoms with van der Waals surface area (Å²) in [6.07, 6.45) is 10.7. The van der Waals surface area contributed by atoms with Crippen molar-refractivity contribution in [1.82, 2.24) is 0 Å². The maximum Gasteiger partial charge on any atom is 0.153 e. The van der Waals surface area contributed by atoms with Crippen LogP contribution in [0.5, 0.6) is 23.0 Å². The average Bonchev–Trinajstić information content (AvgIpc) is 2.84. The van der Waals surface area contributed by atoms with Gasteiger partial charge in [-0.2, -0.15) is 0 Å². The van der Waals surface area contributed by atoms with E-state index in [0.717, 1.165) is 49.8 Å². The highest BCUT2D eigenvalue weighted by molar-refractivity contribution is 5.80. The molecule has 0 heterocycles. The van der Waals surface area contributed by atoms with Crippen LogP contribution < -0.4 is 18.9 Å². The third-order valence-corrected chi connectivity index (χ3v) is 5.24. The van der Waals surface area contributed by atoms with Crippen LogP contribution in [0.15, 0.2) is 36.4 Å². The number of carbonyl (C=O) groups excluding carboxylic acids is 2. The van der Waals surface area contributed by atoms with Crippen LogP contribution in [0.2, 0.25) is 0 Å². The molecule has 0 aliphatic heterocycles. The fourth-order valence-electron chi connectivity index (χ4n) is 3.40. The molecule has 0 atom stereocenters. The number of carbonyl (C=O) groups is 2. The van der Waals surface area contributed by atoms with Gasteiger partial charge in [0.05, 0.1) is 38.6 Å². The Bertz CT molecular complexity index is 764. The van der Waals surface area contributed by atoms with E-state index in [0.29, 0.717) is 35.8 Å². The van der Waals surface area contributed by atoms with Gasteiger partial charge >= 0.3 is 0 Å².